The number of ether oxygens (including phenoxy) is 1. The summed E-state index contributed by atoms with van der Waals surface area (Å²) in [4.78, 5) is 8.03. The van der Waals surface area contributed by atoms with Crippen LogP contribution in [0.2, 0.25) is 0 Å². The van der Waals surface area contributed by atoms with Crippen LogP contribution in [0.4, 0.5) is 5.95 Å². The molecule has 2 rings (SSSR count). The summed E-state index contributed by atoms with van der Waals surface area (Å²) in [6.45, 7) is 4.44. The SMILES string of the molecule is CCNc1ncc(S(=O)(=O)NCC2CCOCC2)cn1. The lowest BCUT2D eigenvalue weighted by atomic mass is 10.0. The lowest BCUT2D eigenvalue weighted by molar-refractivity contribution is 0.0678. The molecule has 112 valence electrons. The van der Waals surface area contributed by atoms with Gasteiger partial charge in [0.1, 0.15) is 4.90 Å². The fourth-order valence-electron chi connectivity index (χ4n) is 1.97. The summed E-state index contributed by atoms with van der Waals surface area (Å²) in [6.07, 6.45) is 4.41. The molecule has 0 unspecified atom stereocenters. The summed E-state index contributed by atoms with van der Waals surface area (Å²) in [5.74, 6) is 0.761. The quantitative estimate of drug-likeness (QED) is 0.799. The van der Waals surface area contributed by atoms with Crippen molar-refractivity contribution < 1.29 is 13.2 Å². The molecule has 2 N–H and O–H groups in total. The molecule has 0 radical (unpaired) electrons. The summed E-state index contributed by atoms with van der Waals surface area (Å²) < 4.78 is 32.1. The number of aromatic nitrogens is 2. The van der Waals surface area contributed by atoms with Gasteiger partial charge in [0.15, 0.2) is 0 Å². The molecule has 0 saturated carbocycles. The molecule has 0 bridgehead atoms. The van der Waals surface area contributed by atoms with Gasteiger partial charge in [0, 0.05) is 26.3 Å². The highest BCUT2D eigenvalue weighted by Crippen LogP contribution is 2.15. The van der Waals surface area contributed by atoms with Crippen LogP contribution in [0.5, 0.6) is 0 Å². The van der Waals surface area contributed by atoms with Crippen LogP contribution < -0.4 is 10.0 Å². The first kappa shape index (κ1) is 15.1. The third-order valence-corrected chi connectivity index (χ3v) is 4.55. The zero-order valence-corrected chi connectivity index (χ0v) is 12.3. The van der Waals surface area contributed by atoms with E-state index in [0.29, 0.717) is 38.2 Å². The van der Waals surface area contributed by atoms with Crippen molar-refractivity contribution in [2.24, 2.45) is 5.92 Å². The van der Waals surface area contributed by atoms with Crippen molar-refractivity contribution in [3.63, 3.8) is 0 Å². The average Bonchev–Trinajstić information content (AvgIpc) is 2.47. The largest absolute Gasteiger partial charge is 0.381 e. The van der Waals surface area contributed by atoms with Gasteiger partial charge in [-0.15, -0.1) is 0 Å². The predicted molar refractivity (Wildman–Crippen MR) is 74.9 cm³/mol. The summed E-state index contributed by atoms with van der Waals surface area (Å²) in [6, 6.07) is 0. The molecule has 1 aliphatic heterocycles. The molecule has 1 aromatic heterocycles. The van der Waals surface area contributed by atoms with Crippen molar-refractivity contribution in [2.75, 3.05) is 31.6 Å². The van der Waals surface area contributed by atoms with Crippen molar-refractivity contribution in [3.8, 4) is 0 Å². The number of hydrogen-bond donors (Lipinski definition) is 2. The Labute approximate surface area is 119 Å². The van der Waals surface area contributed by atoms with Gasteiger partial charge in [-0.25, -0.2) is 23.1 Å². The molecule has 1 aromatic rings. The second kappa shape index (κ2) is 6.96. The van der Waals surface area contributed by atoms with E-state index in [1.165, 1.54) is 12.4 Å². The highest BCUT2D eigenvalue weighted by molar-refractivity contribution is 7.89. The van der Waals surface area contributed by atoms with E-state index < -0.39 is 10.0 Å². The second-order valence-corrected chi connectivity index (χ2v) is 6.45. The van der Waals surface area contributed by atoms with Crippen molar-refractivity contribution in [1.29, 1.82) is 0 Å². The number of rotatable bonds is 6. The zero-order valence-electron chi connectivity index (χ0n) is 11.5. The molecule has 0 amide bonds. The highest BCUT2D eigenvalue weighted by Gasteiger charge is 2.19. The zero-order chi connectivity index (χ0) is 14.4. The number of hydrogen-bond acceptors (Lipinski definition) is 6. The van der Waals surface area contributed by atoms with Crippen LogP contribution in [-0.4, -0.2) is 44.7 Å². The maximum atomic E-state index is 12.1. The van der Waals surface area contributed by atoms with E-state index in [1.807, 2.05) is 6.92 Å². The van der Waals surface area contributed by atoms with Gasteiger partial charge >= 0.3 is 0 Å². The Hall–Kier alpha value is -1.25. The van der Waals surface area contributed by atoms with E-state index in [-0.39, 0.29) is 4.90 Å². The van der Waals surface area contributed by atoms with Gasteiger partial charge in [0.25, 0.3) is 0 Å². The van der Waals surface area contributed by atoms with Gasteiger partial charge in [-0.1, -0.05) is 0 Å². The third-order valence-electron chi connectivity index (χ3n) is 3.18. The first-order valence-electron chi connectivity index (χ1n) is 6.75. The Morgan fingerprint density at radius 3 is 2.55 bits per heavy atom. The summed E-state index contributed by atoms with van der Waals surface area (Å²) in [5.41, 5.74) is 0. The molecule has 8 heteroatoms. The standard InChI is InChI=1S/C12H20N4O3S/c1-2-13-12-14-8-11(9-15-12)20(17,18)16-7-10-3-5-19-6-4-10/h8-10,16H,2-7H2,1H3,(H,13,14,15). The van der Waals surface area contributed by atoms with Crippen LogP contribution in [0.1, 0.15) is 19.8 Å². The highest BCUT2D eigenvalue weighted by atomic mass is 32.2. The number of nitrogens with zero attached hydrogens (tertiary/aromatic N) is 2. The Balaban J connectivity index is 1.94. The smallest absolute Gasteiger partial charge is 0.243 e. The van der Waals surface area contributed by atoms with E-state index in [9.17, 15) is 8.42 Å². The Morgan fingerprint density at radius 1 is 1.30 bits per heavy atom. The minimum absolute atomic E-state index is 0.0891. The number of sulfonamides is 1. The van der Waals surface area contributed by atoms with E-state index in [4.69, 9.17) is 4.74 Å². The van der Waals surface area contributed by atoms with Crippen molar-refractivity contribution in [1.82, 2.24) is 14.7 Å². The van der Waals surface area contributed by atoms with Crippen molar-refractivity contribution in [3.05, 3.63) is 12.4 Å². The van der Waals surface area contributed by atoms with Crippen LogP contribution in [-0.2, 0) is 14.8 Å². The molecular weight excluding hydrogens is 280 g/mol. The van der Waals surface area contributed by atoms with Crippen molar-refractivity contribution >= 4 is 16.0 Å². The summed E-state index contributed by atoms with van der Waals surface area (Å²) >= 11 is 0. The predicted octanol–water partition coefficient (Wildman–Crippen LogP) is 0.613. The minimum Gasteiger partial charge on any atom is -0.381 e. The number of nitrogens with one attached hydrogen (secondary N) is 2. The van der Waals surface area contributed by atoms with E-state index in [1.54, 1.807) is 0 Å². The molecule has 1 saturated heterocycles. The molecule has 20 heavy (non-hydrogen) atoms. The Bertz CT molecular complexity index is 512. The fraction of sp³-hybridized carbons (Fsp3) is 0.667. The molecule has 1 aliphatic rings. The van der Waals surface area contributed by atoms with Gasteiger partial charge in [-0.2, -0.15) is 0 Å². The number of anilines is 1. The average molecular weight is 300 g/mol. The lowest BCUT2D eigenvalue weighted by Gasteiger charge is -2.22. The van der Waals surface area contributed by atoms with Crippen LogP contribution in [0.15, 0.2) is 17.3 Å². The van der Waals surface area contributed by atoms with Crippen LogP contribution in [0, 0.1) is 5.92 Å². The third kappa shape index (κ3) is 4.12. The minimum atomic E-state index is -3.53. The summed E-state index contributed by atoms with van der Waals surface area (Å²) in [7, 11) is -3.53. The fourth-order valence-corrected chi connectivity index (χ4v) is 2.97. The Morgan fingerprint density at radius 2 is 1.95 bits per heavy atom. The van der Waals surface area contributed by atoms with Crippen LogP contribution >= 0.6 is 0 Å². The van der Waals surface area contributed by atoms with Gasteiger partial charge in [0.2, 0.25) is 16.0 Å². The van der Waals surface area contributed by atoms with Crippen LogP contribution in [0.3, 0.4) is 0 Å². The topological polar surface area (TPSA) is 93.2 Å². The molecular formula is C12H20N4O3S. The van der Waals surface area contributed by atoms with E-state index in [2.05, 4.69) is 20.0 Å². The molecule has 0 atom stereocenters. The first-order chi connectivity index (χ1) is 9.62. The molecule has 0 spiro atoms. The van der Waals surface area contributed by atoms with Crippen molar-refractivity contribution in [2.45, 2.75) is 24.7 Å². The molecule has 0 aromatic carbocycles. The molecule has 2 heterocycles. The van der Waals surface area contributed by atoms with Gasteiger partial charge in [-0.05, 0) is 25.7 Å². The Kier molecular flexibility index (Phi) is 5.27. The summed E-state index contributed by atoms with van der Waals surface area (Å²) in [5, 5.41) is 2.92. The molecule has 7 nitrogen and oxygen atoms in total. The van der Waals surface area contributed by atoms with Gasteiger partial charge < -0.3 is 10.1 Å². The van der Waals surface area contributed by atoms with E-state index in [0.717, 1.165) is 12.8 Å². The van der Waals surface area contributed by atoms with Gasteiger partial charge in [0.05, 0.1) is 12.4 Å². The monoisotopic (exact) mass is 300 g/mol. The van der Waals surface area contributed by atoms with E-state index >= 15 is 0 Å². The molecule has 0 aliphatic carbocycles. The maximum Gasteiger partial charge on any atom is 0.243 e. The molecule has 1 fully saturated rings. The maximum absolute atomic E-state index is 12.1. The second-order valence-electron chi connectivity index (χ2n) is 4.68. The lowest BCUT2D eigenvalue weighted by Crippen LogP contribution is -2.32. The van der Waals surface area contributed by atoms with Gasteiger partial charge in [-0.3, -0.25) is 0 Å². The normalized spacial score (nSPS) is 17.1. The van der Waals surface area contributed by atoms with Crippen LogP contribution in [0.25, 0.3) is 0 Å². The first-order valence-corrected chi connectivity index (χ1v) is 8.23.